The summed E-state index contributed by atoms with van der Waals surface area (Å²) in [5.41, 5.74) is 2.85. The highest BCUT2D eigenvalue weighted by molar-refractivity contribution is 6.20. The third-order valence-corrected chi connectivity index (χ3v) is 9.59. The third kappa shape index (κ3) is 6.90. The Kier molecular flexibility index (Phi) is 9.98. The molecule has 2 N–H and O–H groups in total. The van der Waals surface area contributed by atoms with Crippen LogP contribution in [0.25, 0.3) is 0 Å². The van der Waals surface area contributed by atoms with Crippen LogP contribution in [0, 0.1) is 11.7 Å². The lowest BCUT2D eigenvalue weighted by molar-refractivity contribution is -0.133. The fraction of sp³-hybridized carbons (Fsp3) is 0.767. The number of benzene rings is 1. The van der Waals surface area contributed by atoms with Crippen molar-refractivity contribution < 1.29 is 14.0 Å². The molecule has 1 aromatic carbocycles. The van der Waals surface area contributed by atoms with Crippen LogP contribution in [0.3, 0.4) is 0 Å². The third-order valence-electron chi connectivity index (χ3n) is 9.35. The van der Waals surface area contributed by atoms with Crippen molar-refractivity contribution in [1.82, 2.24) is 20.8 Å². The molecule has 0 bridgehead atoms. The Morgan fingerprint density at radius 2 is 1.66 bits per heavy atom. The molecule has 0 radical (unpaired) electrons. The minimum absolute atomic E-state index is 0.00288. The van der Waals surface area contributed by atoms with E-state index in [2.05, 4.69) is 20.8 Å². The molecular formula is C30H46ClFN4O2. The molecule has 0 spiro atoms. The van der Waals surface area contributed by atoms with Crippen LogP contribution in [0.1, 0.15) is 102 Å². The molecular weight excluding hydrogens is 503 g/mol. The van der Waals surface area contributed by atoms with Gasteiger partial charge in [-0.3, -0.25) is 9.63 Å². The van der Waals surface area contributed by atoms with Gasteiger partial charge in [0.05, 0.1) is 6.04 Å². The number of carbonyl (C=O) groups is 1. The maximum absolute atomic E-state index is 14.1. The van der Waals surface area contributed by atoms with Crippen molar-refractivity contribution in [3.05, 3.63) is 35.6 Å². The number of nitrogens with one attached hydrogen (secondary N) is 2. The quantitative estimate of drug-likeness (QED) is 0.424. The molecule has 8 heteroatoms. The minimum Gasteiger partial charge on any atom is -0.349 e. The summed E-state index contributed by atoms with van der Waals surface area (Å²) in [6.45, 7) is 2.17. The van der Waals surface area contributed by atoms with Crippen LogP contribution < -0.4 is 10.8 Å². The zero-order valence-corrected chi connectivity index (χ0v) is 23.6. The zero-order chi connectivity index (χ0) is 26.4. The van der Waals surface area contributed by atoms with E-state index in [0.717, 1.165) is 44.3 Å². The van der Waals surface area contributed by atoms with Crippen LogP contribution in [0.5, 0.6) is 0 Å². The molecule has 5 rings (SSSR count). The monoisotopic (exact) mass is 548 g/mol. The van der Waals surface area contributed by atoms with Gasteiger partial charge in [-0.15, -0.1) is 0 Å². The first-order valence-corrected chi connectivity index (χ1v) is 15.6. The predicted octanol–water partition coefficient (Wildman–Crippen LogP) is 6.05. The highest BCUT2D eigenvalue weighted by atomic mass is 35.5. The maximum atomic E-state index is 14.1. The summed E-state index contributed by atoms with van der Waals surface area (Å²) in [7, 11) is 0. The van der Waals surface area contributed by atoms with E-state index in [1.165, 1.54) is 70.3 Å². The molecule has 6 nitrogen and oxygen atoms in total. The van der Waals surface area contributed by atoms with Crippen molar-refractivity contribution in [3.8, 4) is 0 Å². The molecule has 1 amide bonds. The zero-order valence-electron chi connectivity index (χ0n) is 22.8. The first kappa shape index (κ1) is 28.3. The molecule has 0 aromatic heterocycles. The Morgan fingerprint density at radius 1 is 1.00 bits per heavy atom. The van der Waals surface area contributed by atoms with Crippen LogP contribution in [-0.2, 0) is 16.2 Å². The van der Waals surface area contributed by atoms with Crippen LogP contribution >= 0.6 is 11.6 Å². The Hall–Kier alpha value is -1.25. The average Bonchev–Trinajstić information content (AvgIpc) is 3.43. The number of hydrogen-bond donors (Lipinski definition) is 2. The highest BCUT2D eigenvalue weighted by Crippen LogP contribution is 2.39. The van der Waals surface area contributed by atoms with Crippen molar-refractivity contribution in [3.63, 3.8) is 0 Å². The lowest BCUT2D eigenvalue weighted by Crippen LogP contribution is -2.60. The van der Waals surface area contributed by atoms with E-state index < -0.39 is 11.1 Å². The number of hydrazine groups is 1. The molecule has 2 aliphatic heterocycles. The topological polar surface area (TPSA) is 56.8 Å². The van der Waals surface area contributed by atoms with Gasteiger partial charge >= 0.3 is 0 Å². The van der Waals surface area contributed by atoms with Crippen LogP contribution in [0.15, 0.2) is 24.3 Å². The molecule has 4 aliphatic rings. The molecule has 2 aliphatic carbocycles. The summed E-state index contributed by atoms with van der Waals surface area (Å²) < 4.78 is 14.0. The highest BCUT2D eigenvalue weighted by Gasteiger charge is 2.52. The van der Waals surface area contributed by atoms with Gasteiger partial charge in [-0.1, -0.05) is 87.9 Å². The molecule has 2 saturated carbocycles. The number of amides is 1. The fourth-order valence-corrected chi connectivity index (χ4v) is 7.59. The summed E-state index contributed by atoms with van der Waals surface area (Å²) in [6, 6.07) is 7.38. The molecule has 38 heavy (non-hydrogen) atoms. The summed E-state index contributed by atoms with van der Waals surface area (Å²) in [6.07, 6.45) is 17.4. The SMILES string of the molecule is O=C(NC1CN(Cc2cccc(F)c2)N(C2CCCCCCC2)C1)C1(C2CCCCCCC2)CC(Cl)ON1. The number of rotatable bonds is 6. The first-order valence-electron chi connectivity index (χ1n) is 15.2. The largest absolute Gasteiger partial charge is 0.349 e. The van der Waals surface area contributed by atoms with Gasteiger partial charge in [0.15, 0.2) is 5.56 Å². The Bertz CT molecular complexity index is 906. The average molecular weight is 549 g/mol. The molecule has 4 fully saturated rings. The van der Waals surface area contributed by atoms with Gasteiger partial charge in [-0.05, 0) is 49.3 Å². The Labute approximate surface area is 232 Å². The standard InChI is InChI=1S/C30H46ClFN4O2/c31-28-19-30(34-38-28,24-13-7-3-1-4-8-14-24)29(37)33-26-21-35(20-23-12-11-15-25(32)18-23)36(22-26)27-16-9-5-2-6-10-17-27/h11-12,15,18,24,26-28,34H,1-10,13-14,16-17,19-22H2,(H,33,37). The van der Waals surface area contributed by atoms with E-state index in [-0.39, 0.29) is 23.7 Å². The normalized spacial score (nSPS) is 31.4. The van der Waals surface area contributed by atoms with E-state index in [1.807, 2.05) is 6.07 Å². The second kappa shape index (κ2) is 13.4. The predicted molar refractivity (Wildman–Crippen MR) is 149 cm³/mol. The first-order chi connectivity index (χ1) is 18.5. The summed E-state index contributed by atoms with van der Waals surface area (Å²) in [4.78, 5) is 19.7. The van der Waals surface area contributed by atoms with Gasteiger partial charge in [-0.25, -0.2) is 14.4 Å². The fourth-order valence-electron chi connectivity index (χ4n) is 7.31. The van der Waals surface area contributed by atoms with Crippen LogP contribution in [0.2, 0.25) is 0 Å². The summed E-state index contributed by atoms with van der Waals surface area (Å²) in [5.74, 6) is 0.0487. The number of carbonyl (C=O) groups excluding carboxylic acids is 1. The van der Waals surface area contributed by atoms with Gasteiger partial charge < -0.3 is 5.32 Å². The number of hydrogen-bond acceptors (Lipinski definition) is 5. The van der Waals surface area contributed by atoms with Crippen molar-refractivity contribution >= 4 is 17.5 Å². The van der Waals surface area contributed by atoms with Crippen molar-refractivity contribution in [2.45, 2.75) is 126 Å². The number of halogens is 2. The Balaban J connectivity index is 1.32. The molecule has 3 atom stereocenters. The van der Waals surface area contributed by atoms with Crippen LogP contribution in [-0.4, -0.2) is 52.2 Å². The number of hydroxylamine groups is 1. The van der Waals surface area contributed by atoms with Gasteiger partial charge in [0.2, 0.25) is 5.91 Å². The van der Waals surface area contributed by atoms with E-state index in [4.69, 9.17) is 16.4 Å². The van der Waals surface area contributed by atoms with Gasteiger partial charge in [0.1, 0.15) is 11.4 Å². The van der Waals surface area contributed by atoms with Crippen molar-refractivity contribution in [2.24, 2.45) is 5.92 Å². The molecule has 212 valence electrons. The molecule has 2 heterocycles. The van der Waals surface area contributed by atoms with E-state index >= 15 is 0 Å². The second-order valence-electron chi connectivity index (χ2n) is 12.1. The summed E-state index contributed by atoms with van der Waals surface area (Å²) >= 11 is 6.42. The number of alkyl halides is 1. The molecule has 3 unspecified atom stereocenters. The van der Waals surface area contributed by atoms with Gasteiger partial charge in [-0.2, -0.15) is 5.48 Å². The Morgan fingerprint density at radius 3 is 2.29 bits per heavy atom. The molecule has 2 saturated heterocycles. The van der Waals surface area contributed by atoms with E-state index in [0.29, 0.717) is 19.0 Å². The van der Waals surface area contributed by atoms with Gasteiger partial charge in [0, 0.05) is 32.1 Å². The maximum Gasteiger partial charge on any atom is 0.243 e. The molecule has 1 aromatic rings. The summed E-state index contributed by atoms with van der Waals surface area (Å²) in [5, 5.41) is 8.29. The number of nitrogens with zero attached hydrogens (tertiary/aromatic N) is 2. The van der Waals surface area contributed by atoms with Gasteiger partial charge in [0.25, 0.3) is 0 Å². The van der Waals surface area contributed by atoms with E-state index in [9.17, 15) is 9.18 Å². The lowest BCUT2D eigenvalue weighted by Gasteiger charge is -2.37. The van der Waals surface area contributed by atoms with E-state index in [1.54, 1.807) is 12.1 Å². The van der Waals surface area contributed by atoms with Crippen molar-refractivity contribution in [1.29, 1.82) is 0 Å². The smallest absolute Gasteiger partial charge is 0.243 e. The van der Waals surface area contributed by atoms with Crippen molar-refractivity contribution in [2.75, 3.05) is 13.1 Å². The van der Waals surface area contributed by atoms with Crippen LogP contribution in [0.4, 0.5) is 4.39 Å². The minimum atomic E-state index is -0.773. The second-order valence-corrected chi connectivity index (χ2v) is 12.6. The lowest BCUT2D eigenvalue weighted by atomic mass is 9.74.